The van der Waals surface area contributed by atoms with Crippen molar-refractivity contribution in [3.8, 4) is 0 Å². The van der Waals surface area contributed by atoms with Gasteiger partial charge in [0.25, 0.3) is 5.91 Å². The average Bonchev–Trinajstić information content (AvgIpc) is 3.09. The fourth-order valence-electron chi connectivity index (χ4n) is 3.66. The van der Waals surface area contributed by atoms with Crippen LogP contribution in [0.5, 0.6) is 0 Å². The molecule has 0 saturated heterocycles. The molecule has 1 aromatic carbocycles. The van der Waals surface area contributed by atoms with Crippen LogP contribution >= 0.6 is 11.6 Å². The minimum absolute atomic E-state index is 0.0726. The molecule has 0 atom stereocenters. The third kappa shape index (κ3) is 2.90. The van der Waals surface area contributed by atoms with Gasteiger partial charge >= 0.3 is 0 Å². The Balaban J connectivity index is 1.55. The van der Waals surface area contributed by atoms with Crippen LogP contribution in [-0.2, 0) is 30.7 Å². The highest BCUT2D eigenvalue weighted by Gasteiger charge is 2.30. The SMILES string of the molecule is C=CC(=O)N1CCc2c(C(=O)N3CCc4ccc(Cl)cc4C3)n[nH]c2C1. The van der Waals surface area contributed by atoms with Gasteiger partial charge in [-0.15, -0.1) is 0 Å². The number of hydrogen-bond acceptors (Lipinski definition) is 3. The van der Waals surface area contributed by atoms with E-state index < -0.39 is 0 Å². The summed E-state index contributed by atoms with van der Waals surface area (Å²) in [6.07, 6.45) is 2.74. The molecule has 0 spiro atoms. The summed E-state index contributed by atoms with van der Waals surface area (Å²) >= 11 is 6.09. The molecule has 26 heavy (non-hydrogen) atoms. The van der Waals surface area contributed by atoms with Crippen LogP contribution in [-0.4, -0.2) is 44.9 Å². The molecular weight excluding hydrogens is 352 g/mol. The molecule has 6 nitrogen and oxygen atoms in total. The van der Waals surface area contributed by atoms with E-state index in [0.29, 0.717) is 43.3 Å². The van der Waals surface area contributed by atoms with Crippen LogP contribution in [0.25, 0.3) is 0 Å². The van der Waals surface area contributed by atoms with Crippen LogP contribution in [0.15, 0.2) is 30.9 Å². The molecule has 0 bridgehead atoms. The van der Waals surface area contributed by atoms with E-state index in [2.05, 4.69) is 16.8 Å². The first-order valence-corrected chi connectivity index (χ1v) is 8.98. The summed E-state index contributed by atoms with van der Waals surface area (Å²) in [6.45, 7) is 5.72. The summed E-state index contributed by atoms with van der Waals surface area (Å²) in [6, 6.07) is 5.84. The van der Waals surface area contributed by atoms with E-state index in [-0.39, 0.29) is 11.8 Å². The normalized spacial score (nSPS) is 16.0. The smallest absolute Gasteiger partial charge is 0.274 e. The van der Waals surface area contributed by atoms with E-state index in [1.807, 2.05) is 23.1 Å². The Labute approximate surface area is 156 Å². The number of halogens is 1. The number of rotatable bonds is 2. The quantitative estimate of drug-likeness (QED) is 0.825. The zero-order valence-corrected chi connectivity index (χ0v) is 15.1. The van der Waals surface area contributed by atoms with Gasteiger partial charge in [-0.2, -0.15) is 5.10 Å². The highest BCUT2D eigenvalue weighted by atomic mass is 35.5. The van der Waals surface area contributed by atoms with Gasteiger partial charge in [0.05, 0.1) is 12.2 Å². The van der Waals surface area contributed by atoms with Crippen molar-refractivity contribution in [2.24, 2.45) is 0 Å². The van der Waals surface area contributed by atoms with Crippen LogP contribution in [0.4, 0.5) is 0 Å². The highest BCUT2D eigenvalue weighted by Crippen LogP contribution is 2.26. The second kappa shape index (κ2) is 6.61. The van der Waals surface area contributed by atoms with Crippen molar-refractivity contribution in [3.05, 3.63) is 64.0 Å². The van der Waals surface area contributed by atoms with Crippen molar-refractivity contribution in [1.82, 2.24) is 20.0 Å². The lowest BCUT2D eigenvalue weighted by atomic mass is 9.98. The van der Waals surface area contributed by atoms with Crippen LogP contribution in [0.2, 0.25) is 5.02 Å². The van der Waals surface area contributed by atoms with Gasteiger partial charge in [-0.3, -0.25) is 14.7 Å². The number of fused-ring (bicyclic) bond motifs is 2. The molecule has 0 saturated carbocycles. The Morgan fingerprint density at radius 3 is 2.77 bits per heavy atom. The van der Waals surface area contributed by atoms with E-state index in [0.717, 1.165) is 23.2 Å². The summed E-state index contributed by atoms with van der Waals surface area (Å²) in [5.74, 6) is -0.181. The van der Waals surface area contributed by atoms with E-state index in [4.69, 9.17) is 11.6 Å². The first-order chi connectivity index (χ1) is 12.6. The number of nitrogens with zero attached hydrogens (tertiary/aromatic N) is 3. The first kappa shape index (κ1) is 16.8. The molecule has 0 aliphatic carbocycles. The van der Waals surface area contributed by atoms with Gasteiger partial charge in [0.2, 0.25) is 5.91 Å². The summed E-state index contributed by atoms with van der Waals surface area (Å²) in [5.41, 5.74) is 4.54. The number of amides is 2. The van der Waals surface area contributed by atoms with Crippen LogP contribution in [0.1, 0.15) is 32.9 Å². The van der Waals surface area contributed by atoms with Crippen molar-refractivity contribution in [2.45, 2.75) is 25.9 Å². The number of carbonyl (C=O) groups is 2. The molecule has 2 aliphatic rings. The molecule has 1 aromatic heterocycles. The number of H-pyrrole nitrogens is 1. The average molecular weight is 371 g/mol. The predicted molar refractivity (Wildman–Crippen MR) is 97.8 cm³/mol. The summed E-state index contributed by atoms with van der Waals surface area (Å²) in [4.78, 5) is 28.3. The number of aromatic nitrogens is 2. The number of benzene rings is 1. The van der Waals surface area contributed by atoms with Crippen molar-refractivity contribution in [2.75, 3.05) is 13.1 Å². The van der Waals surface area contributed by atoms with Gasteiger partial charge in [0.15, 0.2) is 5.69 Å². The van der Waals surface area contributed by atoms with E-state index in [9.17, 15) is 9.59 Å². The third-order valence-electron chi connectivity index (χ3n) is 5.09. The molecule has 7 heteroatoms. The molecule has 0 radical (unpaired) electrons. The monoisotopic (exact) mass is 370 g/mol. The third-order valence-corrected chi connectivity index (χ3v) is 5.33. The van der Waals surface area contributed by atoms with E-state index in [1.54, 1.807) is 4.90 Å². The molecule has 0 fully saturated rings. The molecule has 134 valence electrons. The Morgan fingerprint density at radius 2 is 1.96 bits per heavy atom. The lowest BCUT2D eigenvalue weighted by Crippen LogP contribution is -2.38. The number of nitrogens with one attached hydrogen (secondary N) is 1. The minimum atomic E-state index is -0.109. The highest BCUT2D eigenvalue weighted by molar-refractivity contribution is 6.30. The van der Waals surface area contributed by atoms with Gasteiger partial charge in [-0.25, -0.2) is 0 Å². The number of hydrogen-bond donors (Lipinski definition) is 1. The van der Waals surface area contributed by atoms with Gasteiger partial charge in [0, 0.05) is 30.2 Å². The summed E-state index contributed by atoms with van der Waals surface area (Å²) in [7, 11) is 0. The fraction of sp³-hybridized carbons (Fsp3) is 0.316. The molecular formula is C19H19ClN4O2. The van der Waals surface area contributed by atoms with Gasteiger partial charge in [-0.1, -0.05) is 24.2 Å². The van der Waals surface area contributed by atoms with Gasteiger partial charge in [-0.05, 0) is 42.2 Å². The summed E-state index contributed by atoms with van der Waals surface area (Å²) < 4.78 is 0. The van der Waals surface area contributed by atoms with Gasteiger partial charge in [0.1, 0.15) is 0 Å². The summed E-state index contributed by atoms with van der Waals surface area (Å²) in [5, 5.41) is 7.88. The second-order valence-electron chi connectivity index (χ2n) is 6.63. The van der Waals surface area contributed by atoms with Crippen molar-refractivity contribution >= 4 is 23.4 Å². The molecule has 2 amide bonds. The molecule has 3 heterocycles. The van der Waals surface area contributed by atoms with Crippen molar-refractivity contribution in [3.63, 3.8) is 0 Å². The van der Waals surface area contributed by atoms with Gasteiger partial charge < -0.3 is 9.80 Å². The topological polar surface area (TPSA) is 69.3 Å². The lowest BCUT2D eigenvalue weighted by molar-refractivity contribution is -0.126. The zero-order chi connectivity index (χ0) is 18.3. The maximum absolute atomic E-state index is 13.0. The Hall–Kier alpha value is -2.60. The number of carbonyl (C=O) groups excluding carboxylic acids is 2. The first-order valence-electron chi connectivity index (χ1n) is 8.61. The predicted octanol–water partition coefficient (Wildman–Crippen LogP) is 2.33. The Kier molecular flexibility index (Phi) is 4.28. The number of aromatic amines is 1. The molecule has 2 aliphatic heterocycles. The van der Waals surface area contributed by atoms with Crippen molar-refractivity contribution < 1.29 is 9.59 Å². The zero-order valence-electron chi connectivity index (χ0n) is 14.3. The maximum atomic E-state index is 13.0. The Morgan fingerprint density at radius 1 is 1.15 bits per heavy atom. The largest absolute Gasteiger partial charge is 0.333 e. The van der Waals surface area contributed by atoms with Crippen LogP contribution in [0.3, 0.4) is 0 Å². The fourth-order valence-corrected chi connectivity index (χ4v) is 3.86. The lowest BCUT2D eigenvalue weighted by Gasteiger charge is -2.29. The standard InChI is InChI=1S/C19H19ClN4O2/c1-2-17(25)23-8-6-15-16(11-23)21-22-18(15)19(26)24-7-5-12-3-4-14(20)9-13(12)10-24/h2-4,9H,1,5-8,10-11H2,(H,21,22). The molecule has 2 aromatic rings. The van der Waals surface area contributed by atoms with E-state index >= 15 is 0 Å². The van der Waals surface area contributed by atoms with Crippen LogP contribution in [0, 0.1) is 0 Å². The van der Waals surface area contributed by atoms with Crippen molar-refractivity contribution in [1.29, 1.82) is 0 Å². The molecule has 0 unspecified atom stereocenters. The second-order valence-corrected chi connectivity index (χ2v) is 7.07. The van der Waals surface area contributed by atoms with Crippen LogP contribution < -0.4 is 0 Å². The van der Waals surface area contributed by atoms with E-state index in [1.165, 1.54) is 11.6 Å². The molecule has 1 N–H and O–H groups in total. The molecule has 4 rings (SSSR count). The minimum Gasteiger partial charge on any atom is -0.333 e. The Bertz CT molecular complexity index is 905. The maximum Gasteiger partial charge on any atom is 0.274 e.